The van der Waals surface area contributed by atoms with Crippen molar-refractivity contribution < 1.29 is 14.3 Å². The van der Waals surface area contributed by atoms with E-state index in [1.54, 1.807) is 6.92 Å². The fourth-order valence-corrected chi connectivity index (χ4v) is 3.86. The van der Waals surface area contributed by atoms with Crippen molar-refractivity contribution in [2.45, 2.75) is 17.8 Å². The molecule has 0 radical (unpaired) electrons. The van der Waals surface area contributed by atoms with Gasteiger partial charge < -0.3 is 14.5 Å². The maximum absolute atomic E-state index is 12.6. The van der Waals surface area contributed by atoms with Crippen LogP contribution in [0.2, 0.25) is 0 Å². The molecule has 0 fully saturated rings. The standard InChI is InChI=1S/C23H19N3O4S/c1-14-11-18(22(28)29-2)19-20(24-14)25-23(26-21(19)27)31-13-15-7-6-10-17(12-15)30-16-8-4-3-5-9-16/h3-12H,13H2,1-2H3,(H,24,25,26,27). The van der Waals surface area contributed by atoms with Crippen molar-refractivity contribution in [2.75, 3.05) is 7.11 Å². The molecule has 0 atom stereocenters. The number of aromatic nitrogens is 3. The monoisotopic (exact) mass is 433 g/mol. The molecule has 7 nitrogen and oxygen atoms in total. The Morgan fingerprint density at radius 2 is 1.81 bits per heavy atom. The minimum atomic E-state index is -0.599. The molecule has 0 saturated heterocycles. The zero-order valence-corrected chi connectivity index (χ0v) is 17.7. The van der Waals surface area contributed by atoms with Crippen LogP contribution in [0, 0.1) is 6.92 Å². The predicted molar refractivity (Wildman–Crippen MR) is 119 cm³/mol. The highest BCUT2D eigenvalue weighted by Crippen LogP contribution is 2.26. The molecule has 0 amide bonds. The van der Waals surface area contributed by atoms with Gasteiger partial charge in [-0.15, -0.1) is 0 Å². The normalized spacial score (nSPS) is 10.8. The minimum absolute atomic E-state index is 0.125. The SMILES string of the molecule is COC(=O)c1cc(C)nc2nc(SCc3cccc(Oc4ccccc4)c3)[nH]c(=O)c12. The molecule has 2 aromatic heterocycles. The number of ether oxygens (including phenoxy) is 2. The van der Waals surface area contributed by atoms with Crippen molar-refractivity contribution in [3.05, 3.63) is 87.8 Å². The number of carbonyl (C=O) groups excluding carboxylic acids is 1. The van der Waals surface area contributed by atoms with Crippen LogP contribution in [0.15, 0.2) is 70.6 Å². The number of aryl methyl sites for hydroxylation is 1. The summed E-state index contributed by atoms with van der Waals surface area (Å²) in [6.07, 6.45) is 0. The van der Waals surface area contributed by atoms with Crippen LogP contribution in [0.25, 0.3) is 11.0 Å². The van der Waals surface area contributed by atoms with Crippen molar-refractivity contribution in [1.29, 1.82) is 0 Å². The van der Waals surface area contributed by atoms with Crippen molar-refractivity contribution in [3.63, 3.8) is 0 Å². The van der Waals surface area contributed by atoms with E-state index in [0.717, 1.165) is 17.1 Å². The van der Waals surface area contributed by atoms with E-state index < -0.39 is 11.5 Å². The van der Waals surface area contributed by atoms with E-state index >= 15 is 0 Å². The molecule has 4 aromatic rings. The number of methoxy groups -OCH3 is 1. The van der Waals surface area contributed by atoms with Crippen molar-refractivity contribution in [2.24, 2.45) is 0 Å². The molecule has 31 heavy (non-hydrogen) atoms. The van der Waals surface area contributed by atoms with Gasteiger partial charge in [-0.25, -0.2) is 14.8 Å². The molecular formula is C23H19N3O4S. The first-order chi connectivity index (χ1) is 15.0. The molecule has 0 bridgehead atoms. The Kier molecular flexibility index (Phi) is 5.99. The number of fused-ring (bicyclic) bond motifs is 1. The highest BCUT2D eigenvalue weighted by Gasteiger charge is 2.17. The first-order valence-electron chi connectivity index (χ1n) is 9.48. The average Bonchev–Trinajstić information content (AvgIpc) is 2.77. The lowest BCUT2D eigenvalue weighted by molar-refractivity contribution is 0.0602. The van der Waals surface area contributed by atoms with Crippen molar-refractivity contribution >= 4 is 28.8 Å². The van der Waals surface area contributed by atoms with Gasteiger partial charge in [-0.2, -0.15) is 0 Å². The number of H-pyrrole nitrogens is 1. The highest BCUT2D eigenvalue weighted by atomic mass is 32.2. The third kappa shape index (κ3) is 4.75. The maximum Gasteiger partial charge on any atom is 0.338 e. The van der Waals surface area contributed by atoms with Gasteiger partial charge in [0.1, 0.15) is 11.5 Å². The summed E-state index contributed by atoms with van der Waals surface area (Å²) in [5.41, 5.74) is 1.52. The summed E-state index contributed by atoms with van der Waals surface area (Å²) >= 11 is 1.36. The summed E-state index contributed by atoms with van der Waals surface area (Å²) in [4.78, 5) is 36.2. The van der Waals surface area contributed by atoms with Crippen molar-refractivity contribution in [1.82, 2.24) is 15.0 Å². The number of para-hydroxylation sites is 1. The summed E-state index contributed by atoms with van der Waals surface area (Å²) in [6, 6.07) is 18.8. The van der Waals surface area contributed by atoms with E-state index in [9.17, 15) is 9.59 Å². The van der Waals surface area contributed by atoms with Crippen LogP contribution < -0.4 is 10.3 Å². The molecule has 0 spiro atoms. The second-order valence-corrected chi connectivity index (χ2v) is 7.69. The summed E-state index contributed by atoms with van der Waals surface area (Å²) < 4.78 is 10.7. The Bertz CT molecular complexity index is 1310. The maximum atomic E-state index is 12.6. The third-order valence-electron chi connectivity index (χ3n) is 4.44. The zero-order valence-electron chi connectivity index (χ0n) is 16.9. The van der Waals surface area contributed by atoms with Gasteiger partial charge in [0.2, 0.25) is 0 Å². The fraction of sp³-hybridized carbons (Fsp3) is 0.130. The zero-order chi connectivity index (χ0) is 21.8. The van der Waals surface area contributed by atoms with E-state index in [1.807, 2.05) is 54.6 Å². The van der Waals surface area contributed by atoms with E-state index in [4.69, 9.17) is 9.47 Å². The smallest absolute Gasteiger partial charge is 0.338 e. The number of nitrogens with zero attached hydrogens (tertiary/aromatic N) is 2. The van der Waals surface area contributed by atoms with Gasteiger partial charge in [0.15, 0.2) is 10.8 Å². The van der Waals surface area contributed by atoms with Gasteiger partial charge in [0, 0.05) is 11.4 Å². The van der Waals surface area contributed by atoms with Gasteiger partial charge >= 0.3 is 5.97 Å². The number of rotatable bonds is 6. The lowest BCUT2D eigenvalue weighted by Gasteiger charge is -2.08. The Labute approximate surface area is 182 Å². The second kappa shape index (κ2) is 9.01. The highest BCUT2D eigenvalue weighted by molar-refractivity contribution is 7.98. The van der Waals surface area contributed by atoms with Crippen LogP contribution in [-0.2, 0) is 10.5 Å². The molecule has 4 rings (SSSR count). The fourth-order valence-electron chi connectivity index (χ4n) is 3.06. The van der Waals surface area contributed by atoms with Gasteiger partial charge in [0.05, 0.1) is 18.1 Å². The average molecular weight is 433 g/mol. The van der Waals surface area contributed by atoms with Gasteiger partial charge in [-0.05, 0) is 42.8 Å². The quantitative estimate of drug-likeness (QED) is 0.272. The predicted octanol–water partition coefficient (Wildman–Crippen LogP) is 4.50. The molecule has 2 heterocycles. The Morgan fingerprint density at radius 1 is 1.03 bits per heavy atom. The molecule has 1 N–H and O–H groups in total. The molecule has 8 heteroatoms. The van der Waals surface area contributed by atoms with E-state index in [0.29, 0.717) is 16.6 Å². The number of hydrogen-bond acceptors (Lipinski definition) is 7. The number of thioether (sulfide) groups is 1. The molecule has 0 aliphatic heterocycles. The largest absolute Gasteiger partial charge is 0.465 e. The number of carbonyl (C=O) groups is 1. The van der Waals surface area contributed by atoms with Crippen molar-refractivity contribution in [3.8, 4) is 11.5 Å². The minimum Gasteiger partial charge on any atom is -0.465 e. The summed E-state index contributed by atoms with van der Waals surface area (Å²) in [7, 11) is 1.27. The summed E-state index contributed by atoms with van der Waals surface area (Å²) in [5.74, 6) is 1.45. The van der Waals surface area contributed by atoms with E-state index in [-0.39, 0.29) is 16.6 Å². The molecule has 156 valence electrons. The summed E-state index contributed by atoms with van der Waals surface area (Å²) in [5, 5.41) is 0.542. The molecule has 2 aromatic carbocycles. The number of benzene rings is 2. The van der Waals surface area contributed by atoms with Crippen LogP contribution in [0.4, 0.5) is 0 Å². The molecule has 0 aliphatic rings. The van der Waals surface area contributed by atoms with Gasteiger partial charge in [0.25, 0.3) is 5.56 Å². The number of aromatic amines is 1. The first-order valence-corrected chi connectivity index (χ1v) is 10.5. The molecule has 0 unspecified atom stereocenters. The number of esters is 1. The second-order valence-electron chi connectivity index (χ2n) is 6.72. The van der Waals surface area contributed by atoms with Crippen LogP contribution in [0.1, 0.15) is 21.6 Å². The van der Waals surface area contributed by atoms with Gasteiger partial charge in [-0.3, -0.25) is 4.79 Å². The van der Waals surface area contributed by atoms with Crippen LogP contribution >= 0.6 is 11.8 Å². The first kappa shape index (κ1) is 20.6. The summed E-state index contributed by atoms with van der Waals surface area (Å²) in [6.45, 7) is 1.74. The molecular weight excluding hydrogens is 414 g/mol. The topological polar surface area (TPSA) is 94.2 Å². The Balaban J connectivity index is 1.56. The molecule has 0 aliphatic carbocycles. The third-order valence-corrected chi connectivity index (χ3v) is 5.39. The lowest BCUT2D eigenvalue weighted by atomic mass is 10.1. The van der Waals surface area contributed by atoms with Crippen LogP contribution in [0.3, 0.4) is 0 Å². The number of hydrogen-bond donors (Lipinski definition) is 1. The number of nitrogens with one attached hydrogen (secondary N) is 1. The molecule has 0 saturated carbocycles. The lowest BCUT2D eigenvalue weighted by Crippen LogP contribution is -2.16. The Morgan fingerprint density at radius 3 is 2.58 bits per heavy atom. The van der Waals surface area contributed by atoms with Crippen LogP contribution in [-0.4, -0.2) is 28.0 Å². The van der Waals surface area contributed by atoms with Gasteiger partial charge in [-0.1, -0.05) is 42.1 Å². The van der Waals surface area contributed by atoms with E-state index in [2.05, 4.69) is 15.0 Å². The van der Waals surface area contributed by atoms with E-state index in [1.165, 1.54) is 24.9 Å². The van der Waals surface area contributed by atoms with Crippen LogP contribution in [0.5, 0.6) is 11.5 Å². The Hall–Kier alpha value is -3.65. The number of pyridine rings is 1.